The predicted octanol–water partition coefficient (Wildman–Crippen LogP) is 2.85. The Bertz CT molecular complexity index is 677. The van der Waals surface area contributed by atoms with E-state index in [1.54, 1.807) is 22.6 Å². The van der Waals surface area contributed by atoms with Crippen molar-refractivity contribution in [1.82, 2.24) is 9.97 Å². The van der Waals surface area contributed by atoms with Gasteiger partial charge in [0.05, 0.1) is 5.39 Å². The molecule has 0 bridgehead atoms. The lowest BCUT2D eigenvalue weighted by molar-refractivity contribution is -0.117. The summed E-state index contributed by atoms with van der Waals surface area (Å²) in [6.45, 7) is 8.58. The molecule has 0 aliphatic carbocycles. The Morgan fingerprint density at radius 1 is 1.47 bits per heavy atom. The Hall–Kier alpha value is -1.75. The van der Waals surface area contributed by atoms with Gasteiger partial charge in [0.1, 0.15) is 17.0 Å². The lowest BCUT2D eigenvalue weighted by Gasteiger charge is -2.16. The molecule has 4 nitrogen and oxygen atoms in total. The van der Waals surface area contributed by atoms with Crippen molar-refractivity contribution in [2.75, 3.05) is 11.4 Å². The van der Waals surface area contributed by atoms with Gasteiger partial charge in [-0.05, 0) is 19.4 Å². The average molecular weight is 273 g/mol. The number of anilines is 1. The lowest BCUT2D eigenvalue weighted by atomic mass is 10.1. The molecule has 1 unspecified atom stereocenters. The quantitative estimate of drug-likeness (QED) is 0.790. The van der Waals surface area contributed by atoms with E-state index in [1.165, 1.54) is 10.4 Å². The van der Waals surface area contributed by atoms with Crippen LogP contribution in [0.25, 0.3) is 10.2 Å². The lowest BCUT2D eigenvalue weighted by Crippen LogP contribution is -2.25. The molecule has 2 aromatic rings. The maximum Gasteiger partial charge on any atom is 0.228 e. The second kappa shape index (κ2) is 4.42. The summed E-state index contributed by atoms with van der Waals surface area (Å²) in [4.78, 5) is 24.7. The molecule has 1 saturated heterocycles. The van der Waals surface area contributed by atoms with Gasteiger partial charge in [-0.3, -0.25) is 9.69 Å². The fraction of sp³-hybridized carbons (Fsp3) is 0.357. The minimum atomic E-state index is 0.119. The van der Waals surface area contributed by atoms with Crippen molar-refractivity contribution in [3.05, 3.63) is 29.4 Å². The van der Waals surface area contributed by atoms with Crippen molar-refractivity contribution in [2.24, 2.45) is 5.92 Å². The monoisotopic (exact) mass is 273 g/mol. The zero-order valence-electron chi connectivity index (χ0n) is 11.0. The van der Waals surface area contributed by atoms with Gasteiger partial charge in [-0.1, -0.05) is 6.08 Å². The van der Waals surface area contributed by atoms with Crippen molar-refractivity contribution in [3.63, 3.8) is 0 Å². The summed E-state index contributed by atoms with van der Waals surface area (Å²) < 4.78 is 0. The van der Waals surface area contributed by atoms with Crippen LogP contribution >= 0.6 is 11.3 Å². The highest BCUT2D eigenvalue weighted by Gasteiger charge is 2.31. The van der Waals surface area contributed by atoms with Crippen molar-refractivity contribution < 1.29 is 4.79 Å². The number of hydrogen-bond donors (Lipinski definition) is 0. The third-order valence-electron chi connectivity index (χ3n) is 3.69. The third-order valence-corrected chi connectivity index (χ3v) is 4.80. The van der Waals surface area contributed by atoms with Crippen molar-refractivity contribution in [3.8, 4) is 0 Å². The Kier molecular flexibility index (Phi) is 2.86. The van der Waals surface area contributed by atoms with Crippen molar-refractivity contribution >= 4 is 33.3 Å². The number of thiophene rings is 1. The van der Waals surface area contributed by atoms with E-state index in [4.69, 9.17) is 0 Å². The molecule has 19 heavy (non-hydrogen) atoms. The first-order valence-electron chi connectivity index (χ1n) is 6.25. The molecule has 5 heteroatoms. The summed E-state index contributed by atoms with van der Waals surface area (Å²) in [6, 6.07) is 0. The summed E-state index contributed by atoms with van der Waals surface area (Å²) in [6.07, 6.45) is 3.92. The number of amides is 1. The summed E-state index contributed by atoms with van der Waals surface area (Å²) in [7, 11) is 0. The van der Waals surface area contributed by atoms with Gasteiger partial charge in [-0.15, -0.1) is 17.9 Å². The highest BCUT2D eigenvalue weighted by molar-refractivity contribution is 7.18. The van der Waals surface area contributed by atoms with Crippen LogP contribution in [-0.2, 0) is 4.79 Å². The topological polar surface area (TPSA) is 46.1 Å². The molecule has 0 radical (unpaired) electrons. The largest absolute Gasteiger partial charge is 0.296 e. The fourth-order valence-corrected chi connectivity index (χ4v) is 3.46. The SMILES string of the molecule is C=CC1CC(=O)N(c2ncnc3sc(C)c(C)c23)C1. The minimum Gasteiger partial charge on any atom is -0.296 e. The Labute approximate surface area is 115 Å². The molecule has 3 heterocycles. The number of fused-ring (bicyclic) bond motifs is 1. The zero-order valence-corrected chi connectivity index (χ0v) is 11.8. The first kappa shape index (κ1) is 12.3. The summed E-state index contributed by atoms with van der Waals surface area (Å²) in [5.74, 6) is 1.09. The minimum absolute atomic E-state index is 0.119. The molecule has 1 atom stereocenters. The summed E-state index contributed by atoms with van der Waals surface area (Å²) in [5, 5.41) is 1.02. The van der Waals surface area contributed by atoms with Crippen LogP contribution in [0.3, 0.4) is 0 Å². The highest BCUT2D eigenvalue weighted by Crippen LogP contribution is 2.36. The third kappa shape index (κ3) is 1.85. The van der Waals surface area contributed by atoms with Gasteiger partial charge in [0.25, 0.3) is 0 Å². The summed E-state index contributed by atoms with van der Waals surface area (Å²) in [5.41, 5.74) is 1.17. The molecule has 1 aliphatic rings. The van der Waals surface area contributed by atoms with Gasteiger partial charge < -0.3 is 0 Å². The van der Waals surface area contributed by atoms with E-state index in [-0.39, 0.29) is 11.8 Å². The standard InChI is InChI=1S/C14H15N3OS/c1-4-10-5-11(18)17(6-10)13-12-8(2)9(3)19-14(12)16-7-15-13/h4,7,10H,1,5-6H2,2-3H3. The second-order valence-corrected chi connectivity index (χ2v) is 6.07. The Morgan fingerprint density at radius 3 is 2.95 bits per heavy atom. The fourth-order valence-electron chi connectivity index (χ4n) is 2.47. The average Bonchev–Trinajstić information content (AvgIpc) is 2.91. The number of carbonyl (C=O) groups excluding carboxylic acids is 1. The number of aromatic nitrogens is 2. The number of rotatable bonds is 2. The molecule has 0 aromatic carbocycles. The van der Waals surface area contributed by atoms with E-state index in [1.807, 2.05) is 6.08 Å². The maximum atomic E-state index is 12.1. The molecular weight excluding hydrogens is 258 g/mol. The van der Waals surface area contributed by atoms with Gasteiger partial charge >= 0.3 is 0 Å². The van der Waals surface area contributed by atoms with Crippen molar-refractivity contribution in [1.29, 1.82) is 0 Å². The molecule has 0 N–H and O–H groups in total. The molecular formula is C14H15N3OS. The van der Waals surface area contributed by atoms with Crippen LogP contribution in [0.5, 0.6) is 0 Å². The molecule has 1 aliphatic heterocycles. The van der Waals surface area contributed by atoms with E-state index in [9.17, 15) is 4.79 Å². The van der Waals surface area contributed by atoms with E-state index < -0.39 is 0 Å². The number of nitrogens with zero attached hydrogens (tertiary/aromatic N) is 3. The van der Waals surface area contributed by atoms with Gasteiger partial charge in [0, 0.05) is 23.8 Å². The second-order valence-electron chi connectivity index (χ2n) is 4.86. The number of hydrogen-bond acceptors (Lipinski definition) is 4. The van der Waals surface area contributed by atoms with E-state index >= 15 is 0 Å². The van der Waals surface area contributed by atoms with Gasteiger partial charge in [-0.25, -0.2) is 9.97 Å². The predicted molar refractivity (Wildman–Crippen MR) is 77.5 cm³/mol. The molecule has 2 aromatic heterocycles. The van der Waals surface area contributed by atoms with Gasteiger partial charge in [-0.2, -0.15) is 0 Å². The molecule has 1 fully saturated rings. The summed E-state index contributed by atoms with van der Waals surface area (Å²) >= 11 is 1.65. The smallest absolute Gasteiger partial charge is 0.228 e. The molecule has 0 spiro atoms. The Morgan fingerprint density at radius 2 is 2.26 bits per heavy atom. The zero-order chi connectivity index (χ0) is 13.6. The van der Waals surface area contributed by atoms with Crippen LogP contribution in [0.15, 0.2) is 19.0 Å². The van der Waals surface area contributed by atoms with Gasteiger partial charge in [0.2, 0.25) is 5.91 Å². The van der Waals surface area contributed by atoms with Crippen LogP contribution in [0.1, 0.15) is 16.9 Å². The first-order valence-corrected chi connectivity index (χ1v) is 7.07. The normalized spacial score (nSPS) is 19.4. The van der Waals surface area contributed by atoms with Crippen LogP contribution < -0.4 is 4.90 Å². The van der Waals surface area contributed by atoms with Crippen LogP contribution in [0.2, 0.25) is 0 Å². The highest BCUT2D eigenvalue weighted by atomic mass is 32.1. The molecule has 98 valence electrons. The van der Waals surface area contributed by atoms with Crippen LogP contribution in [0, 0.1) is 19.8 Å². The number of carbonyl (C=O) groups is 1. The van der Waals surface area contributed by atoms with Crippen LogP contribution in [0.4, 0.5) is 5.82 Å². The molecule has 3 rings (SSSR count). The maximum absolute atomic E-state index is 12.1. The van der Waals surface area contributed by atoms with Crippen molar-refractivity contribution in [2.45, 2.75) is 20.3 Å². The first-order chi connectivity index (χ1) is 9.11. The van der Waals surface area contributed by atoms with E-state index in [0.717, 1.165) is 16.0 Å². The van der Waals surface area contributed by atoms with Gasteiger partial charge in [0.15, 0.2) is 0 Å². The van der Waals surface area contributed by atoms with E-state index in [2.05, 4.69) is 30.4 Å². The molecule has 0 saturated carbocycles. The van der Waals surface area contributed by atoms with Crippen LogP contribution in [-0.4, -0.2) is 22.4 Å². The molecule has 1 amide bonds. The Balaban J connectivity index is 2.15. The number of aryl methyl sites for hydroxylation is 2. The van der Waals surface area contributed by atoms with E-state index in [0.29, 0.717) is 13.0 Å².